The smallest absolute Gasteiger partial charge is 0.255 e. The number of para-hydroxylation sites is 1. The van der Waals surface area contributed by atoms with E-state index >= 15 is 0 Å². The van der Waals surface area contributed by atoms with E-state index in [-0.39, 0.29) is 29.6 Å². The van der Waals surface area contributed by atoms with Crippen molar-refractivity contribution in [2.75, 3.05) is 19.0 Å². The predicted octanol–water partition coefficient (Wildman–Crippen LogP) is 1.34. The molecule has 0 heterocycles. The first-order chi connectivity index (χ1) is 8.51. The van der Waals surface area contributed by atoms with Crippen LogP contribution in [0.1, 0.15) is 17.3 Å². The highest BCUT2D eigenvalue weighted by Crippen LogP contribution is 2.20. The Balaban J connectivity index is 2.97. The van der Waals surface area contributed by atoms with Gasteiger partial charge in [0.1, 0.15) is 5.82 Å². The first-order valence-corrected chi connectivity index (χ1v) is 5.41. The molecule has 5 nitrogen and oxygen atoms in total. The van der Waals surface area contributed by atoms with Crippen molar-refractivity contribution in [3.8, 4) is 6.07 Å². The lowest BCUT2D eigenvalue weighted by Crippen LogP contribution is -2.31. The van der Waals surface area contributed by atoms with Crippen molar-refractivity contribution in [1.82, 2.24) is 4.90 Å². The number of anilines is 1. The number of carbonyl (C=O) groups excluding carboxylic acids is 1. The van der Waals surface area contributed by atoms with Crippen molar-refractivity contribution in [1.29, 1.82) is 5.26 Å². The van der Waals surface area contributed by atoms with Crippen LogP contribution in [0.15, 0.2) is 18.2 Å². The molecular formula is C12H15FN4O. The second-order valence-electron chi connectivity index (χ2n) is 4.02. The number of amides is 1. The van der Waals surface area contributed by atoms with E-state index in [1.807, 2.05) is 6.07 Å². The van der Waals surface area contributed by atoms with Gasteiger partial charge in [0, 0.05) is 13.6 Å². The van der Waals surface area contributed by atoms with Crippen LogP contribution in [-0.4, -0.2) is 24.4 Å². The van der Waals surface area contributed by atoms with E-state index in [9.17, 15) is 9.18 Å². The molecule has 0 saturated heterocycles. The minimum atomic E-state index is -0.593. The number of benzene rings is 1. The summed E-state index contributed by atoms with van der Waals surface area (Å²) in [6, 6.07) is 6.16. The number of nitrogens with two attached hydrogens (primary N) is 1. The Bertz CT molecular complexity index is 483. The first kappa shape index (κ1) is 13.9. The summed E-state index contributed by atoms with van der Waals surface area (Å²) in [5, 5.41) is 8.70. The maximum atomic E-state index is 13.4. The lowest BCUT2D eigenvalue weighted by Gasteiger charge is -2.20. The van der Waals surface area contributed by atoms with Crippen molar-refractivity contribution in [3.63, 3.8) is 0 Å². The third kappa shape index (κ3) is 2.96. The van der Waals surface area contributed by atoms with Crippen molar-refractivity contribution in [3.05, 3.63) is 29.6 Å². The summed E-state index contributed by atoms with van der Waals surface area (Å²) in [5.74, 6) is 3.94. The van der Waals surface area contributed by atoms with Crippen molar-refractivity contribution >= 4 is 11.6 Å². The Morgan fingerprint density at radius 2 is 2.33 bits per heavy atom. The van der Waals surface area contributed by atoms with Crippen LogP contribution in [-0.2, 0) is 0 Å². The van der Waals surface area contributed by atoms with Gasteiger partial charge in [0.15, 0.2) is 0 Å². The Morgan fingerprint density at radius 3 is 2.89 bits per heavy atom. The molecule has 96 valence electrons. The molecule has 1 unspecified atom stereocenters. The lowest BCUT2D eigenvalue weighted by molar-refractivity contribution is 0.0785. The summed E-state index contributed by atoms with van der Waals surface area (Å²) < 4.78 is 13.4. The fourth-order valence-electron chi connectivity index (χ4n) is 1.59. The molecule has 0 spiro atoms. The average Bonchev–Trinajstić information content (AvgIpc) is 2.37. The number of hydrazine groups is 1. The van der Waals surface area contributed by atoms with Crippen molar-refractivity contribution in [2.45, 2.75) is 6.92 Å². The van der Waals surface area contributed by atoms with Crippen LogP contribution in [0.3, 0.4) is 0 Å². The number of nitrogens with one attached hydrogen (secondary N) is 1. The molecule has 1 rings (SSSR count). The van der Waals surface area contributed by atoms with Crippen molar-refractivity contribution < 1.29 is 9.18 Å². The minimum absolute atomic E-state index is 0.0426. The third-order valence-corrected chi connectivity index (χ3v) is 2.50. The van der Waals surface area contributed by atoms with Crippen LogP contribution in [0.25, 0.3) is 0 Å². The molecule has 1 aromatic rings. The van der Waals surface area contributed by atoms with Gasteiger partial charge >= 0.3 is 0 Å². The molecule has 1 amide bonds. The predicted molar refractivity (Wildman–Crippen MR) is 65.9 cm³/mol. The molecule has 1 aromatic carbocycles. The van der Waals surface area contributed by atoms with Gasteiger partial charge in [-0.05, 0) is 19.1 Å². The Labute approximate surface area is 105 Å². The van der Waals surface area contributed by atoms with E-state index in [2.05, 4.69) is 5.43 Å². The van der Waals surface area contributed by atoms with E-state index in [0.717, 1.165) is 0 Å². The number of nitrogens with zero attached hydrogens (tertiary/aromatic N) is 2. The molecule has 3 N–H and O–H groups in total. The Kier molecular flexibility index (Phi) is 4.63. The van der Waals surface area contributed by atoms with Gasteiger partial charge in [-0.25, -0.2) is 4.39 Å². The van der Waals surface area contributed by atoms with Crippen LogP contribution in [0.4, 0.5) is 10.1 Å². The van der Waals surface area contributed by atoms with E-state index < -0.39 is 5.82 Å². The number of hydrogen-bond acceptors (Lipinski definition) is 4. The van der Waals surface area contributed by atoms with E-state index in [0.29, 0.717) is 0 Å². The van der Waals surface area contributed by atoms with Gasteiger partial charge < -0.3 is 10.3 Å². The normalized spacial score (nSPS) is 11.5. The molecule has 0 fully saturated rings. The maximum Gasteiger partial charge on any atom is 0.255 e. The Hall–Kier alpha value is -2.13. The van der Waals surface area contributed by atoms with Gasteiger partial charge in [-0.1, -0.05) is 6.07 Å². The van der Waals surface area contributed by atoms with Crippen LogP contribution < -0.4 is 11.3 Å². The number of hydrogen-bond donors (Lipinski definition) is 2. The molecule has 1 atom stereocenters. The number of halogens is 1. The number of carbonyl (C=O) groups is 1. The highest BCUT2D eigenvalue weighted by atomic mass is 19.1. The maximum absolute atomic E-state index is 13.4. The zero-order chi connectivity index (χ0) is 13.7. The fraction of sp³-hybridized carbons (Fsp3) is 0.333. The van der Waals surface area contributed by atoms with Crippen LogP contribution in [0.2, 0.25) is 0 Å². The third-order valence-electron chi connectivity index (χ3n) is 2.50. The van der Waals surface area contributed by atoms with Gasteiger partial charge in [0.05, 0.1) is 23.2 Å². The lowest BCUT2D eigenvalue weighted by atomic mass is 10.1. The van der Waals surface area contributed by atoms with E-state index in [1.165, 1.54) is 23.1 Å². The molecule has 0 radical (unpaired) electrons. The molecule has 0 saturated carbocycles. The molecular weight excluding hydrogens is 235 g/mol. The second kappa shape index (κ2) is 5.98. The van der Waals surface area contributed by atoms with Gasteiger partial charge in [-0.3, -0.25) is 10.6 Å². The summed E-state index contributed by atoms with van der Waals surface area (Å²) in [6.07, 6.45) is 0. The molecule has 18 heavy (non-hydrogen) atoms. The molecule has 6 heteroatoms. The van der Waals surface area contributed by atoms with Crippen LogP contribution in [0.5, 0.6) is 0 Å². The molecule has 0 aliphatic rings. The largest absolute Gasteiger partial charge is 0.340 e. The van der Waals surface area contributed by atoms with Gasteiger partial charge in [0.25, 0.3) is 5.91 Å². The standard InChI is InChI=1S/C12H15FN4O/c1-8(6-14)7-17(2)12(18)9-4-3-5-10(13)11(9)16-15/h3-5,8,16H,7,15H2,1-2H3. The SMILES string of the molecule is CC(C#N)CN(C)C(=O)c1cccc(F)c1NN. The van der Waals surface area contributed by atoms with Gasteiger partial charge in [-0.2, -0.15) is 5.26 Å². The summed E-state index contributed by atoms with van der Waals surface area (Å²) in [4.78, 5) is 13.4. The van der Waals surface area contributed by atoms with E-state index in [4.69, 9.17) is 11.1 Å². The summed E-state index contributed by atoms with van der Waals surface area (Å²) >= 11 is 0. The summed E-state index contributed by atoms with van der Waals surface area (Å²) in [7, 11) is 1.56. The number of rotatable bonds is 4. The quantitative estimate of drug-likeness (QED) is 0.624. The highest BCUT2D eigenvalue weighted by Gasteiger charge is 2.19. The van der Waals surface area contributed by atoms with Crippen molar-refractivity contribution in [2.24, 2.45) is 11.8 Å². The Morgan fingerprint density at radius 1 is 1.67 bits per heavy atom. The van der Waals surface area contributed by atoms with Gasteiger partial charge in [-0.15, -0.1) is 0 Å². The van der Waals surface area contributed by atoms with Gasteiger partial charge in [0.2, 0.25) is 0 Å². The number of nitriles is 1. The molecule has 0 aliphatic heterocycles. The monoisotopic (exact) mass is 250 g/mol. The zero-order valence-electron chi connectivity index (χ0n) is 10.3. The fourth-order valence-corrected chi connectivity index (χ4v) is 1.59. The topological polar surface area (TPSA) is 82.2 Å². The number of nitrogen functional groups attached to an aromatic ring is 1. The van der Waals surface area contributed by atoms with Crippen LogP contribution in [0, 0.1) is 23.1 Å². The molecule has 0 aromatic heterocycles. The second-order valence-corrected chi connectivity index (χ2v) is 4.02. The first-order valence-electron chi connectivity index (χ1n) is 5.41. The molecule has 0 aliphatic carbocycles. The summed E-state index contributed by atoms with van der Waals surface area (Å²) in [5.41, 5.74) is 2.28. The molecule has 0 bridgehead atoms. The van der Waals surface area contributed by atoms with E-state index in [1.54, 1.807) is 14.0 Å². The average molecular weight is 250 g/mol. The zero-order valence-corrected chi connectivity index (χ0v) is 10.3. The minimum Gasteiger partial charge on any atom is -0.340 e. The van der Waals surface area contributed by atoms with Crippen LogP contribution >= 0.6 is 0 Å². The summed E-state index contributed by atoms with van der Waals surface area (Å²) in [6.45, 7) is 1.98. The highest BCUT2D eigenvalue weighted by molar-refractivity contribution is 5.99.